The molecule has 2 rings (SSSR count). The lowest BCUT2D eigenvalue weighted by Gasteiger charge is -2.23. The summed E-state index contributed by atoms with van der Waals surface area (Å²) >= 11 is 5.51. The number of rotatable bonds is 3. The van der Waals surface area contributed by atoms with Crippen molar-refractivity contribution < 1.29 is 13.9 Å². The summed E-state index contributed by atoms with van der Waals surface area (Å²) in [4.78, 5) is 0. The molecule has 0 spiro atoms. The van der Waals surface area contributed by atoms with Crippen molar-refractivity contribution in [3.63, 3.8) is 0 Å². The van der Waals surface area contributed by atoms with Gasteiger partial charge in [-0.1, -0.05) is 11.8 Å². The van der Waals surface area contributed by atoms with Crippen molar-refractivity contribution >= 4 is 11.6 Å². The summed E-state index contributed by atoms with van der Waals surface area (Å²) < 4.78 is 24.8. The Morgan fingerprint density at radius 2 is 2.16 bits per heavy atom. The normalized spacial score (nSPS) is 15.7. The first-order valence-corrected chi connectivity index (χ1v) is 6.92. The van der Waals surface area contributed by atoms with Crippen molar-refractivity contribution in [3.8, 4) is 17.6 Å². The molecule has 1 aromatic carbocycles. The summed E-state index contributed by atoms with van der Waals surface area (Å²) in [6.07, 6.45) is 2.36. The number of hydrogen-bond donors (Lipinski definition) is 0. The largest absolute Gasteiger partial charge is 0.490 e. The van der Waals surface area contributed by atoms with Crippen LogP contribution in [0.15, 0.2) is 18.2 Å². The molecule has 1 saturated heterocycles. The standard InChI is InChI=1S/C15H16ClFO2/c16-8-2-1-3-12-4-5-14(11-15(12)17)19-13-6-9-18-10-7-13/h4-5,11,13H,2,6-10H2. The van der Waals surface area contributed by atoms with Gasteiger partial charge >= 0.3 is 0 Å². The summed E-state index contributed by atoms with van der Waals surface area (Å²) in [5.41, 5.74) is 0.379. The Balaban J connectivity index is 2.00. The molecule has 1 heterocycles. The van der Waals surface area contributed by atoms with E-state index in [1.165, 1.54) is 6.07 Å². The molecule has 1 aliphatic rings. The Labute approximate surface area is 117 Å². The van der Waals surface area contributed by atoms with Gasteiger partial charge in [0.2, 0.25) is 0 Å². The SMILES string of the molecule is Fc1cc(OC2CCOCC2)ccc1C#CCCCl. The number of hydrogen-bond acceptors (Lipinski definition) is 2. The van der Waals surface area contributed by atoms with Crippen LogP contribution in [0.4, 0.5) is 4.39 Å². The van der Waals surface area contributed by atoms with Gasteiger partial charge in [0.15, 0.2) is 0 Å². The second kappa shape index (κ2) is 7.37. The molecule has 2 nitrogen and oxygen atoms in total. The molecule has 1 aliphatic heterocycles. The van der Waals surface area contributed by atoms with Crippen molar-refractivity contribution in [2.75, 3.05) is 19.1 Å². The maximum atomic E-state index is 13.8. The van der Waals surface area contributed by atoms with Crippen LogP contribution in [0.3, 0.4) is 0 Å². The minimum Gasteiger partial charge on any atom is -0.490 e. The summed E-state index contributed by atoms with van der Waals surface area (Å²) in [6.45, 7) is 1.41. The van der Waals surface area contributed by atoms with Crippen LogP contribution < -0.4 is 4.74 Å². The highest BCUT2D eigenvalue weighted by atomic mass is 35.5. The van der Waals surface area contributed by atoms with E-state index in [2.05, 4.69) is 11.8 Å². The third kappa shape index (κ3) is 4.41. The topological polar surface area (TPSA) is 18.5 Å². The number of ether oxygens (including phenoxy) is 2. The van der Waals surface area contributed by atoms with Crippen LogP contribution >= 0.6 is 11.6 Å². The number of halogens is 2. The fourth-order valence-electron chi connectivity index (χ4n) is 1.86. The Morgan fingerprint density at radius 3 is 2.84 bits per heavy atom. The maximum Gasteiger partial charge on any atom is 0.142 e. The quantitative estimate of drug-likeness (QED) is 0.625. The van der Waals surface area contributed by atoms with Crippen LogP contribution in [-0.2, 0) is 4.74 Å². The third-order valence-electron chi connectivity index (χ3n) is 2.85. The van der Waals surface area contributed by atoms with E-state index in [1.807, 2.05) is 0 Å². The molecule has 0 aromatic heterocycles. The predicted molar refractivity (Wildman–Crippen MR) is 73.1 cm³/mol. The molecule has 0 unspecified atom stereocenters. The van der Waals surface area contributed by atoms with Gasteiger partial charge in [0.05, 0.1) is 18.8 Å². The molecule has 0 atom stereocenters. The van der Waals surface area contributed by atoms with E-state index in [0.29, 0.717) is 36.8 Å². The maximum absolute atomic E-state index is 13.8. The van der Waals surface area contributed by atoms with Crippen LogP contribution in [0.2, 0.25) is 0 Å². The lowest BCUT2D eigenvalue weighted by molar-refractivity contribution is 0.0254. The summed E-state index contributed by atoms with van der Waals surface area (Å²) in [7, 11) is 0. The van der Waals surface area contributed by atoms with E-state index in [4.69, 9.17) is 21.1 Å². The smallest absolute Gasteiger partial charge is 0.142 e. The summed E-state index contributed by atoms with van der Waals surface area (Å²) in [6, 6.07) is 4.79. The highest BCUT2D eigenvalue weighted by Crippen LogP contribution is 2.20. The van der Waals surface area contributed by atoms with Crippen LogP contribution in [0, 0.1) is 17.7 Å². The highest BCUT2D eigenvalue weighted by molar-refractivity contribution is 6.18. The molecule has 4 heteroatoms. The van der Waals surface area contributed by atoms with Crippen molar-refractivity contribution in [1.29, 1.82) is 0 Å². The van der Waals surface area contributed by atoms with Crippen LogP contribution in [0.5, 0.6) is 5.75 Å². The fourth-order valence-corrected chi connectivity index (χ4v) is 1.96. The second-order valence-corrected chi connectivity index (χ2v) is 4.69. The van der Waals surface area contributed by atoms with Crippen LogP contribution in [0.1, 0.15) is 24.8 Å². The Kier molecular flexibility index (Phi) is 5.50. The van der Waals surface area contributed by atoms with Crippen molar-refractivity contribution in [3.05, 3.63) is 29.6 Å². The summed E-state index contributed by atoms with van der Waals surface area (Å²) in [5.74, 6) is 6.22. The Morgan fingerprint density at radius 1 is 1.37 bits per heavy atom. The van der Waals surface area contributed by atoms with Crippen molar-refractivity contribution in [1.82, 2.24) is 0 Å². The molecule has 1 aromatic rings. The van der Waals surface area contributed by atoms with Gasteiger partial charge in [-0.15, -0.1) is 11.6 Å². The molecule has 0 saturated carbocycles. The molecule has 19 heavy (non-hydrogen) atoms. The molecule has 1 fully saturated rings. The van der Waals surface area contributed by atoms with Gasteiger partial charge < -0.3 is 9.47 Å². The third-order valence-corrected chi connectivity index (χ3v) is 3.04. The van der Waals surface area contributed by atoms with Crippen LogP contribution in [0.25, 0.3) is 0 Å². The highest BCUT2D eigenvalue weighted by Gasteiger charge is 2.15. The minimum atomic E-state index is -0.355. The average Bonchev–Trinajstić information content (AvgIpc) is 2.43. The zero-order valence-electron chi connectivity index (χ0n) is 10.6. The second-order valence-electron chi connectivity index (χ2n) is 4.31. The van der Waals surface area contributed by atoms with Gasteiger partial charge in [-0.25, -0.2) is 4.39 Å². The molecular formula is C15H16ClFO2. The van der Waals surface area contributed by atoms with Gasteiger partial charge in [-0.3, -0.25) is 0 Å². The fraction of sp³-hybridized carbons (Fsp3) is 0.467. The Bertz CT molecular complexity index is 473. The van der Waals surface area contributed by atoms with E-state index in [0.717, 1.165) is 12.8 Å². The van der Waals surface area contributed by atoms with Crippen molar-refractivity contribution in [2.24, 2.45) is 0 Å². The van der Waals surface area contributed by atoms with Crippen LogP contribution in [-0.4, -0.2) is 25.2 Å². The molecule has 102 valence electrons. The van der Waals surface area contributed by atoms with Gasteiger partial charge in [0, 0.05) is 31.2 Å². The molecule has 0 bridgehead atoms. The first-order valence-electron chi connectivity index (χ1n) is 6.38. The average molecular weight is 283 g/mol. The minimum absolute atomic E-state index is 0.112. The molecule has 0 radical (unpaired) electrons. The number of benzene rings is 1. The van der Waals surface area contributed by atoms with E-state index in [1.54, 1.807) is 12.1 Å². The van der Waals surface area contributed by atoms with Gasteiger partial charge in [-0.2, -0.15) is 0 Å². The first kappa shape index (κ1) is 14.2. The van der Waals surface area contributed by atoms with E-state index in [9.17, 15) is 4.39 Å². The van der Waals surface area contributed by atoms with Gasteiger partial charge in [-0.05, 0) is 12.1 Å². The lowest BCUT2D eigenvalue weighted by Crippen LogP contribution is -2.25. The molecule has 0 amide bonds. The van der Waals surface area contributed by atoms with E-state index in [-0.39, 0.29) is 11.9 Å². The van der Waals surface area contributed by atoms with Crippen molar-refractivity contribution in [2.45, 2.75) is 25.4 Å². The molecule has 0 N–H and O–H groups in total. The molecular weight excluding hydrogens is 267 g/mol. The van der Waals surface area contributed by atoms with Gasteiger partial charge in [0.25, 0.3) is 0 Å². The first-order chi connectivity index (χ1) is 9.29. The van der Waals surface area contributed by atoms with Gasteiger partial charge in [0.1, 0.15) is 17.7 Å². The predicted octanol–water partition coefficient (Wildman–Crippen LogP) is 3.36. The summed E-state index contributed by atoms with van der Waals surface area (Å²) in [5, 5.41) is 0. The number of alkyl halides is 1. The lowest BCUT2D eigenvalue weighted by atomic mass is 10.1. The van der Waals surface area contributed by atoms with E-state index < -0.39 is 0 Å². The zero-order chi connectivity index (χ0) is 13.5. The molecule has 0 aliphatic carbocycles. The van der Waals surface area contributed by atoms with E-state index >= 15 is 0 Å². The zero-order valence-corrected chi connectivity index (χ0v) is 11.4. The monoisotopic (exact) mass is 282 g/mol. The Hall–Kier alpha value is -1.24.